The minimum atomic E-state index is 0.0501. The number of benzene rings is 2. The lowest BCUT2D eigenvalue weighted by Gasteiger charge is -2.38. The highest BCUT2D eigenvalue weighted by Crippen LogP contribution is 2.26. The van der Waals surface area contributed by atoms with Crippen LogP contribution < -0.4 is 9.47 Å². The van der Waals surface area contributed by atoms with Crippen molar-refractivity contribution in [2.75, 3.05) is 6.61 Å². The molecular weight excluding hydrogens is 314 g/mol. The van der Waals surface area contributed by atoms with Crippen molar-refractivity contribution in [1.82, 2.24) is 4.90 Å². The summed E-state index contributed by atoms with van der Waals surface area (Å²) in [6.07, 6.45) is 3.32. The Bertz CT molecular complexity index is 691. The Balaban J connectivity index is 1.59. The second kappa shape index (κ2) is 8.06. The van der Waals surface area contributed by atoms with Gasteiger partial charge in [0.15, 0.2) is 6.61 Å². The van der Waals surface area contributed by atoms with E-state index in [0.29, 0.717) is 11.5 Å². The molecule has 0 radical (unpaired) electrons. The summed E-state index contributed by atoms with van der Waals surface area (Å²) < 4.78 is 11.5. The van der Waals surface area contributed by atoms with Crippen LogP contribution in [0.4, 0.5) is 0 Å². The van der Waals surface area contributed by atoms with E-state index in [-0.39, 0.29) is 24.6 Å². The van der Waals surface area contributed by atoms with E-state index in [1.165, 1.54) is 6.42 Å². The van der Waals surface area contributed by atoms with E-state index in [1.807, 2.05) is 59.5 Å². The fraction of sp³-hybridized carbons (Fsp3) is 0.381. The summed E-state index contributed by atoms with van der Waals surface area (Å²) in [6, 6.07) is 17.6. The Morgan fingerprint density at radius 1 is 0.960 bits per heavy atom. The first kappa shape index (κ1) is 17.3. The standard InChI is InChI=1S/C21H25NO3/c1-16-8-6-9-17(2)22(16)21(23)15-24-19-12-7-13-20(14-19)25-18-10-4-3-5-11-18/h3-5,7,10-14,16-17H,6,8-9,15H2,1-2H3/t16-,17-/m0/s1. The Morgan fingerprint density at radius 2 is 1.60 bits per heavy atom. The number of carbonyl (C=O) groups is 1. The third-order valence-corrected chi connectivity index (χ3v) is 4.63. The second-order valence-electron chi connectivity index (χ2n) is 6.61. The van der Waals surface area contributed by atoms with Crippen LogP contribution in [0.25, 0.3) is 0 Å². The van der Waals surface area contributed by atoms with Crippen molar-refractivity contribution in [3.8, 4) is 17.2 Å². The maximum absolute atomic E-state index is 12.5. The fourth-order valence-corrected chi connectivity index (χ4v) is 3.38. The van der Waals surface area contributed by atoms with Crippen molar-refractivity contribution in [3.63, 3.8) is 0 Å². The average Bonchev–Trinajstić information content (AvgIpc) is 2.61. The Morgan fingerprint density at radius 3 is 2.32 bits per heavy atom. The molecule has 132 valence electrons. The highest BCUT2D eigenvalue weighted by Gasteiger charge is 2.28. The first-order valence-electron chi connectivity index (χ1n) is 8.90. The molecule has 1 amide bonds. The molecule has 2 aromatic rings. The minimum absolute atomic E-state index is 0.0501. The van der Waals surface area contributed by atoms with Gasteiger partial charge in [-0.1, -0.05) is 24.3 Å². The van der Waals surface area contributed by atoms with Gasteiger partial charge in [0.1, 0.15) is 17.2 Å². The highest BCUT2D eigenvalue weighted by molar-refractivity contribution is 5.78. The molecule has 25 heavy (non-hydrogen) atoms. The van der Waals surface area contributed by atoms with Gasteiger partial charge < -0.3 is 14.4 Å². The maximum atomic E-state index is 12.5. The monoisotopic (exact) mass is 339 g/mol. The summed E-state index contributed by atoms with van der Waals surface area (Å²) in [5, 5.41) is 0. The molecule has 3 rings (SSSR count). The van der Waals surface area contributed by atoms with E-state index < -0.39 is 0 Å². The zero-order chi connectivity index (χ0) is 17.6. The average molecular weight is 339 g/mol. The maximum Gasteiger partial charge on any atom is 0.260 e. The molecule has 1 saturated heterocycles. The summed E-state index contributed by atoms with van der Waals surface area (Å²) in [5.74, 6) is 2.15. The number of hydrogen-bond donors (Lipinski definition) is 0. The molecule has 1 aliphatic rings. The fourth-order valence-electron chi connectivity index (χ4n) is 3.38. The molecule has 1 heterocycles. The lowest BCUT2D eigenvalue weighted by molar-refractivity contribution is -0.139. The van der Waals surface area contributed by atoms with E-state index >= 15 is 0 Å². The normalized spacial score (nSPS) is 20.2. The molecule has 0 aromatic heterocycles. The number of likely N-dealkylation sites (tertiary alicyclic amines) is 1. The predicted octanol–water partition coefficient (Wildman–Crippen LogP) is 4.65. The van der Waals surface area contributed by atoms with Gasteiger partial charge in [-0.25, -0.2) is 0 Å². The van der Waals surface area contributed by atoms with Crippen molar-refractivity contribution in [2.24, 2.45) is 0 Å². The Labute approximate surface area is 149 Å². The van der Waals surface area contributed by atoms with Crippen molar-refractivity contribution < 1.29 is 14.3 Å². The quantitative estimate of drug-likeness (QED) is 0.796. The van der Waals surface area contributed by atoms with Gasteiger partial charge in [0.2, 0.25) is 0 Å². The van der Waals surface area contributed by atoms with Gasteiger partial charge in [0.25, 0.3) is 5.91 Å². The van der Waals surface area contributed by atoms with Gasteiger partial charge in [-0.2, -0.15) is 0 Å². The Hall–Kier alpha value is -2.49. The first-order chi connectivity index (χ1) is 12.1. The molecule has 4 nitrogen and oxygen atoms in total. The third kappa shape index (κ3) is 4.53. The van der Waals surface area contributed by atoms with Gasteiger partial charge in [-0.3, -0.25) is 4.79 Å². The molecule has 4 heteroatoms. The van der Waals surface area contributed by atoms with Crippen molar-refractivity contribution >= 4 is 5.91 Å². The van der Waals surface area contributed by atoms with Gasteiger partial charge in [-0.15, -0.1) is 0 Å². The van der Waals surface area contributed by atoms with E-state index in [9.17, 15) is 4.79 Å². The van der Waals surface area contributed by atoms with Crippen LogP contribution in [0.1, 0.15) is 33.1 Å². The molecule has 0 unspecified atom stereocenters. The molecule has 1 aliphatic heterocycles. The van der Waals surface area contributed by atoms with Gasteiger partial charge in [0.05, 0.1) is 0 Å². The SMILES string of the molecule is C[C@H]1CCC[C@H](C)N1C(=O)COc1cccc(Oc2ccccc2)c1. The van der Waals surface area contributed by atoms with Gasteiger partial charge in [0, 0.05) is 18.2 Å². The third-order valence-electron chi connectivity index (χ3n) is 4.63. The Kier molecular flexibility index (Phi) is 5.59. The minimum Gasteiger partial charge on any atom is -0.484 e. The highest BCUT2D eigenvalue weighted by atomic mass is 16.5. The van der Waals surface area contributed by atoms with E-state index in [4.69, 9.17) is 9.47 Å². The summed E-state index contributed by atoms with van der Waals surface area (Å²) in [5.41, 5.74) is 0. The number of carbonyl (C=O) groups excluding carboxylic acids is 1. The van der Waals surface area contributed by atoms with Crippen molar-refractivity contribution in [2.45, 2.75) is 45.2 Å². The van der Waals surface area contributed by atoms with Crippen LogP contribution in [-0.4, -0.2) is 29.5 Å². The van der Waals surface area contributed by atoms with Crippen LogP contribution >= 0.6 is 0 Å². The van der Waals surface area contributed by atoms with Crippen LogP contribution in [0.3, 0.4) is 0 Å². The van der Waals surface area contributed by atoms with Crippen LogP contribution in [-0.2, 0) is 4.79 Å². The summed E-state index contributed by atoms with van der Waals surface area (Å²) in [4.78, 5) is 14.5. The number of hydrogen-bond acceptors (Lipinski definition) is 3. The molecule has 2 aromatic carbocycles. The molecule has 0 N–H and O–H groups in total. The number of nitrogens with zero attached hydrogens (tertiary/aromatic N) is 1. The zero-order valence-corrected chi connectivity index (χ0v) is 14.9. The van der Waals surface area contributed by atoms with E-state index in [0.717, 1.165) is 18.6 Å². The number of piperidine rings is 1. The molecule has 0 saturated carbocycles. The lowest BCUT2D eigenvalue weighted by Crippen LogP contribution is -2.49. The smallest absolute Gasteiger partial charge is 0.260 e. The summed E-state index contributed by atoms with van der Waals surface area (Å²) in [6.45, 7) is 4.28. The summed E-state index contributed by atoms with van der Waals surface area (Å²) >= 11 is 0. The van der Waals surface area contributed by atoms with Crippen LogP contribution in [0.2, 0.25) is 0 Å². The van der Waals surface area contributed by atoms with E-state index in [2.05, 4.69) is 13.8 Å². The van der Waals surface area contributed by atoms with Gasteiger partial charge in [-0.05, 0) is 57.4 Å². The number of amides is 1. The molecule has 2 atom stereocenters. The van der Waals surface area contributed by atoms with Crippen LogP contribution in [0.5, 0.6) is 17.2 Å². The lowest BCUT2D eigenvalue weighted by atomic mass is 9.97. The number of para-hydroxylation sites is 1. The number of rotatable bonds is 5. The second-order valence-corrected chi connectivity index (χ2v) is 6.61. The number of ether oxygens (including phenoxy) is 2. The van der Waals surface area contributed by atoms with Gasteiger partial charge >= 0.3 is 0 Å². The molecule has 0 aliphatic carbocycles. The summed E-state index contributed by atoms with van der Waals surface area (Å²) in [7, 11) is 0. The molecular formula is C21H25NO3. The van der Waals surface area contributed by atoms with Crippen LogP contribution in [0.15, 0.2) is 54.6 Å². The topological polar surface area (TPSA) is 38.8 Å². The molecule has 1 fully saturated rings. The van der Waals surface area contributed by atoms with Crippen LogP contribution in [0, 0.1) is 0 Å². The first-order valence-corrected chi connectivity index (χ1v) is 8.90. The molecule has 0 bridgehead atoms. The van der Waals surface area contributed by atoms with Crippen molar-refractivity contribution in [3.05, 3.63) is 54.6 Å². The van der Waals surface area contributed by atoms with E-state index in [1.54, 1.807) is 0 Å². The van der Waals surface area contributed by atoms with Crippen molar-refractivity contribution in [1.29, 1.82) is 0 Å². The molecule has 0 spiro atoms. The zero-order valence-electron chi connectivity index (χ0n) is 14.9. The largest absolute Gasteiger partial charge is 0.484 e. The predicted molar refractivity (Wildman–Crippen MR) is 98.1 cm³/mol.